The van der Waals surface area contributed by atoms with Gasteiger partial charge < -0.3 is 14.4 Å². The van der Waals surface area contributed by atoms with Crippen molar-refractivity contribution < 1.29 is 19.1 Å². The second-order valence-corrected chi connectivity index (χ2v) is 5.14. The van der Waals surface area contributed by atoms with Crippen LogP contribution in [0.1, 0.15) is 13.3 Å². The van der Waals surface area contributed by atoms with Crippen LogP contribution in [-0.2, 0) is 19.1 Å². The predicted molar refractivity (Wildman–Crippen MR) is 84.1 cm³/mol. The number of fused-ring (bicyclic) bond motifs is 1. The smallest absolute Gasteiger partial charge is 0.303 e. The fraction of sp³-hybridized carbons (Fsp3) is 0.500. The molecule has 2 rings (SSSR count). The van der Waals surface area contributed by atoms with Gasteiger partial charge in [0.15, 0.2) is 11.7 Å². The van der Waals surface area contributed by atoms with E-state index in [0.29, 0.717) is 0 Å². The number of β-lactam (4-membered cyclic amide) rings is 1. The van der Waals surface area contributed by atoms with Gasteiger partial charge in [-0.1, -0.05) is 28.8 Å². The van der Waals surface area contributed by atoms with E-state index in [9.17, 15) is 9.59 Å². The Kier molecular flexibility index (Phi) is 5.49. The van der Waals surface area contributed by atoms with Crippen LogP contribution in [0, 0.1) is 23.7 Å². The largest absolute Gasteiger partial charge is 0.447 e. The van der Waals surface area contributed by atoms with Gasteiger partial charge in [-0.05, 0) is 17.7 Å². The van der Waals surface area contributed by atoms with Gasteiger partial charge in [-0.15, -0.1) is 0 Å². The summed E-state index contributed by atoms with van der Waals surface area (Å²) in [7, 11) is 1.41. The minimum absolute atomic E-state index is 0.102. The third-order valence-corrected chi connectivity index (χ3v) is 3.81. The molecule has 0 N–H and O–H groups in total. The summed E-state index contributed by atoms with van der Waals surface area (Å²) in [6.07, 6.45) is 2.39. The lowest BCUT2D eigenvalue weighted by atomic mass is 9.76. The Hall–Kier alpha value is -2.93. The van der Waals surface area contributed by atoms with Crippen LogP contribution in [-0.4, -0.2) is 54.7 Å². The molecule has 0 aromatic rings. The second-order valence-electron chi connectivity index (χ2n) is 5.14. The molecule has 124 valence electrons. The molecule has 3 atom stereocenters. The zero-order chi connectivity index (χ0) is 17.6. The number of amides is 1. The number of ether oxygens (including phenoxy) is 2. The van der Waals surface area contributed by atoms with Crippen molar-refractivity contribution in [1.29, 1.82) is 0 Å². The van der Waals surface area contributed by atoms with Gasteiger partial charge in [0.2, 0.25) is 0 Å². The Bertz CT molecular complexity index is 733. The van der Waals surface area contributed by atoms with Gasteiger partial charge in [-0.25, -0.2) is 0 Å². The number of rotatable bonds is 5. The number of hydrogen-bond acceptors (Lipinski definition) is 5. The fourth-order valence-electron chi connectivity index (χ4n) is 2.79. The van der Waals surface area contributed by atoms with Gasteiger partial charge in [-0.3, -0.25) is 9.59 Å². The Morgan fingerprint density at radius 2 is 2.29 bits per heavy atom. The summed E-state index contributed by atoms with van der Waals surface area (Å²) in [5, 5.41) is 3.44. The van der Waals surface area contributed by atoms with Crippen molar-refractivity contribution in [3.63, 3.8) is 0 Å². The minimum atomic E-state index is -1.23. The number of methoxy groups -OCH3 is 1. The summed E-state index contributed by atoms with van der Waals surface area (Å²) in [5.74, 6) is 10.4. The third kappa shape index (κ3) is 3.21. The van der Waals surface area contributed by atoms with E-state index in [0.717, 1.165) is 0 Å². The summed E-state index contributed by atoms with van der Waals surface area (Å²) in [4.78, 5) is 28.2. The molecular weight excluding hydrogens is 312 g/mol. The number of likely N-dealkylation sites (tertiary alicyclic amines) is 1. The monoisotopic (exact) mass is 328 g/mol. The summed E-state index contributed by atoms with van der Waals surface area (Å²) >= 11 is 0. The van der Waals surface area contributed by atoms with Crippen molar-refractivity contribution in [2.45, 2.75) is 31.1 Å². The van der Waals surface area contributed by atoms with Crippen LogP contribution in [0.2, 0.25) is 0 Å². The number of carbonyl (C=O) groups excluding carboxylic acids is 2. The summed E-state index contributed by atoms with van der Waals surface area (Å²) in [6.45, 7) is 1.56. The minimum Gasteiger partial charge on any atom is -0.447 e. The Balaban J connectivity index is 2.41. The number of hydrogen-bond donors (Lipinski definition) is 0. The highest BCUT2D eigenvalue weighted by Gasteiger charge is 2.64. The predicted octanol–water partition coefficient (Wildman–Crippen LogP) is 0.791. The first kappa shape index (κ1) is 17.4. The topological polar surface area (TPSA) is 105 Å². The first-order valence-corrected chi connectivity index (χ1v) is 7.25. The number of azide groups is 1. The van der Waals surface area contributed by atoms with Gasteiger partial charge in [0, 0.05) is 38.5 Å². The van der Waals surface area contributed by atoms with Crippen LogP contribution in [0.4, 0.5) is 0 Å². The fourth-order valence-corrected chi connectivity index (χ4v) is 2.79. The third-order valence-electron chi connectivity index (χ3n) is 3.81. The van der Waals surface area contributed by atoms with Crippen molar-refractivity contribution in [2.75, 3.05) is 20.2 Å². The maximum Gasteiger partial charge on any atom is 0.303 e. The van der Waals surface area contributed by atoms with E-state index >= 15 is 0 Å². The van der Waals surface area contributed by atoms with E-state index in [4.69, 9.17) is 15.0 Å². The lowest BCUT2D eigenvalue weighted by Gasteiger charge is -2.55. The molecule has 1 aliphatic carbocycles. The molecule has 8 heteroatoms. The molecule has 1 fully saturated rings. The summed E-state index contributed by atoms with van der Waals surface area (Å²) in [6, 6.07) is -0.624. The molecule has 1 aliphatic heterocycles. The average molecular weight is 328 g/mol. The average Bonchev–Trinajstić information content (AvgIpc) is 2.56. The van der Waals surface area contributed by atoms with E-state index in [1.54, 1.807) is 12.2 Å². The molecule has 0 saturated carbocycles. The molecule has 1 heterocycles. The van der Waals surface area contributed by atoms with Gasteiger partial charge in [0.25, 0.3) is 5.91 Å². The Morgan fingerprint density at radius 1 is 1.54 bits per heavy atom. The van der Waals surface area contributed by atoms with E-state index in [2.05, 4.69) is 33.7 Å². The highest BCUT2D eigenvalue weighted by atomic mass is 16.6. The number of allylic oxidation sites excluding steroid dienone is 2. The van der Waals surface area contributed by atoms with Crippen LogP contribution < -0.4 is 0 Å². The van der Waals surface area contributed by atoms with Crippen molar-refractivity contribution in [1.82, 2.24) is 4.90 Å². The molecule has 0 radical (unpaired) electrons. The number of esters is 1. The number of nitrogens with zero attached hydrogens (tertiary/aromatic N) is 4. The molecule has 0 spiro atoms. The molecule has 1 saturated heterocycles. The quantitative estimate of drug-likeness (QED) is 0.186. The van der Waals surface area contributed by atoms with Crippen molar-refractivity contribution >= 4 is 11.9 Å². The zero-order valence-electron chi connectivity index (χ0n) is 13.4. The Labute approximate surface area is 139 Å². The maximum absolute atomic E-state index is 12.6. The van der Waals surface area contributed by atoms with Crippen LogP contribution in [0.5, 0.6) is 0 Å². The van der Waals surface area contributed by atoms with E-state index in [1.165, 1.54) is 18.9 Å². The second kappa shape index (κ2) is 7.56. The maximum atomic E-state index is 12.6. The molecule has 0 aromatic heterocycles. The molecular formula is C16H16N4O4. The first-order chi connectivity index (χ1) is 11.6. The first-order valence-electron chi connectivity index (χ1n) is 7.25. The van der Waals surface area contributed by atoms with Crippen LogP contribution in [0.25, 0.3) is 10.4 Å². The molecule has 1 amide bonds. The molecule has 24 heavy (non-hydrogen) atoms. The van der Waals surface area contributed by atoms with Crippen molar-refractivity contribution in [3.8, 4) is 23.7 Å². The SMILES string of the molecule is CO[C@]12CC#C/C=C\C#C[C@@H](OC(C)=O)[C@@H]1N(CCN=[N+]=[N-])C2=O. The molecule has 2 aliphatic rings. The van der Waals surface area contributed by atoms with Gasteiger partial charge in [0.1, 0.15) is 6.04 Å². The van der Waals surface area contributed by atoms with Gasteiger partial charge in [0.05, 0.1) is 0 Å². The normalized spacial score (nSPS) is 28.6. The molecule has 8 nitrogen and oxygen atoms in total. The van der Waals surface area contributed by atoms with Crippen molar-refractivity contribution in [3.05, 3.63) is 22.6 Å². The molecule has 0 aromatic carbocycles. The van der Waals surface area contributed by atoms with Crippen LogP contribution >= 0.6 is 0 Å². The standard InChI is InChI=1S/C16H16N4O4/c1-12(21)24-13-8-6-4-3-5-7-9-16(23-2)14(13)20(15(16)22)11-10-18-19-17/h3-4,13-14H,9-11H2,1-2H3/b4-3-/t13-,14+,16-/m1/s1. The highest BCUT2D eigenvalue weighted by molar-refractivity contribution is 5.94. The summed E-state index contributed by atoms with van der Waals surface area (Å²) < 4.78 is 10.8. The van der Waals surface area contributed by atoms with Crippen molar-refractivity contribution in [2.24, 2.45) is 5.11 Å². The van der Waals surface area contributed by atoms with Gasteiger partial charge >= 0.3 is 5.97 Å². The Morgan fingerprint density at radius 3 is 2.96 bits per heavy atom. The lowest BCUT2D eigenvalue weighted by Crippen LogP contribution is -2.78. The number of carbonyl (C=O) groups is 2. The van der Waals surface area contributed by atoms with E-state index in [1.807, 2.05) is 0 Å². The van der Waals surface area contributed by atoms with Gasteiger partial charge in [-0.2, -0.15) is 0 Å². The molecule has 0 bridgehead atoms. The lowest BCUT2D eigenvalue weighted by molar-refractivity contribution is -0.210. The summed E-state index contributed by atoms with van der Waals surface area (Å²) in [5.41, 5.74) is 7.17. The van der Waals surface area contributed by atoms with Crippen LogP contribution in [0.15, 0.2) is 17.3 Å². The van der Waals surface area contributed by atoms with E-state index < -0.39 is 23.7 Å². The van der Waals surface area contributed by atoms with E-state index in [-0.39, 0.29) is 25.4 Å². The molecule has 0 unspecified atom stereocenters. The zero-order valence-corrected chi connectivity index (χ0v) is 13.4. The highest BCUT2D eigenvalue weighted by Crippen LogP contribution is 2.39. The van der Waals surface area contributed by atoms with Crippen LogP contribution in [0.3, 0.4) is 0 Å².